The number of hydrogen-bond acceptors (Lipinski definition) is 6. The lowest BCUT2D eigenvalue weighted by Crippen LogP contribution is -2.39. The summed E-state index contributed by atoms with van der Waals surface area (Å²) in [5, 5.41) is 11.4. The van der Waals surface area contributed by atoms with Crippen molar-refractivity contribution in [3.05, 3.63) is 90.5 Å². The van der Waals surface area contributed by atoms with E-state index >= 15 is 0 Å². The molecule has 0 saturated carbocycles. The number of nitrogens with zero attached hydrogens (tertiary/aromatic N) is 3. The molecule has 1 N–H and O–H groups in total. The summed E-state index contributed by atoms with van der Waals surface area (Å²) in [7, 11) is 0. The molecule has 30 heavy (non-hydrogen) atoms. The quantitative estimate of drug-likeness (QED) is 0.548. The lowest BCUT2D eigenvalue weighted by Gasteiger charge is -2.27. The molecule has 5 rings (SSSR count). The normalized spacial score (nSPS) is 16.1. The number of hydrogen-bond donors (Lipinski definition) is 1. The molecule has 0 fully saturated rings. The van der Waals surface area contributed by atoms with Crippen molar-refractivity contribution in [2.24, 2.45) is 0 Å². The zero-order valence-electron chi connectivity index (χ0n) is 16.2. The predicted octanol–water partition coefficient (Wildman–Crippen LogP) is 4.48. The van der Waals surface area contributed by atoms with Crippen molar-refractivity contribution < 1.29 is 9.21 Å². The van der Waals surface area contributed by atoms with Gasteiger partial charge in [-0.3, -0.25) is 4.79 Å². The molecule has 0 spiro atoms. The van der Waals surface area contributed by atoms with Gasteiger partial charge in [0.25, 0.3) is 0 Å². The molecule has 4 aromatic rings. The second-order valence-electron chi connectivity index (χ2n) is 7.19. The first-order chi connectivity index (χ1) is 14.8. The highest BCUT2D eigenvalue weighted by molar-refractivity contribution is 5.92. The third-order valence-corrected chi connectivity index (χ3v) is 5.21. The molecule has 1 aromatic heterocycles. The zero-order chi connectivity index (χ0) is 20.3. The van der Waals surface area contributed by atoms with Crippen molar-refractivity contribution >= 4 is 23.2 Å². The summed E-state index contributed by atoms with van der Waals surface area (Å²) in [6, 6.07) is 27.4. The Balaban J connectivity index is 1.45. The van der Waals surface area contributed by atoms with Gasteiger partial charge in [0.1, 0.15) is 6.04 Å². The van der Waals surface area contributed by atoms with Crippen LogP contribution < -0.4 is 10.2 Å². The first-order valence-electron chi connectivity index (χ1n) is 9.86. The first-order valence-corrected chi connectivity index (χ1v) is 9.86. The van der Waals surface area contributed by atoms with Crippen molar-refractivity contribution in [1.82, 2.24) is 10.2 Å². The lowest BCUT2D eigenvalue weighted by atomic mass is 10.0. The van der Waals surface area contributed by atoms with Crippen LogP contribution in [0.2, 0.25) is 0 Å². The molecule has 6 nitrogen and oxygen atoms in total. The molecule has 6 heteroatoms. The number of fused-ring (bicyclic) bond motifs is 1. The highest BCUT2D eigenvalue weighted by atomic mass is 16.4. The number of aromatic nitrogens is 2. The highest BCUT2D eigenvalue weighted by Gasteiger charge is 2.30. The summed E-state index contributed by atoms with van der Waals surface area (Å²) in [4.78, 5) is 15.2. The highest BCUT2D eigenvalue weighted by Crippen LogP contribution is 2.32. The number of para-hydroxylation sites is 2. The Morgan fingerprint density at radius 1 is 0.867 bits per heavy atom. The lowest BCUT2D eigenvalue weighted by molar-refractivity contribution is -0.118. The van der Waals surface area contributed by atoms with Gasteiger partial charge in [0, 0.05) is 23.4 Å². The summed E-state index contributed by atoms with van der Waals surface area (Å²) in [6.07, 6.45) is 0.344. The van der Waals surface area contributed by atoms with E-state index in [1.165, 1.54) is 0 Å². The molecule has 0 aliphatic carbocycles. The summed E-state index contributed by atoms with van der Waals surface area (Å²) >= 11 is 0. The Morgan fingerprint density at radius 3 is 2.37 bits per heavy atom. The van der Waals surface area contributed by atoms with E-state index in [-0.39, 0.29) is 11.8 Å². The summed E-state index contributed by atoms with van der Waals surface area (Å²) in [5.74, 6) is 0.503. The van der Waals surface area contributed by atoms with E-state index in [4.69, 9.17) is 4.42 Å². The number of nitrogens with one attached hydrogen (secondary N) is 1. The number of rotatable bonds is 4. The van der Waals surface area contributed by atoms with E-state index in [9.17, 15) is 4.79 Å². The fourth-order valence-electron chi connectivity index (χ4n) is 3.72. The molecule has 1 aliphatic rings. The molecule has 148 valence electrons. The van der Waals surface area contributed by atoms with E-state index in [1.54, 1.807) is 0 Å². The van der Waals surface area contributed by atoms with Crippen LogP contribution in [0.25, 0.3) is 11.5 Å². The third kappa shape index (κ3) is 3.55. The Kier molecular flexibility index (Phi) is 4.73. The number of anilines is 3. The van der Waals surface area contributed by atoms with Gasteiger partial charge in [-0.05, 0) is 35.9 Å². The largest absolute Gasteiger partial charge is 0.403 e. The van der Waals surface area contributed by atoms with E-state index < -0.39 is 6.04 Å². The van der Waals surface area contributed by atoms with Gasteiger partial charge in [0.15, 0.2) is 5.78 Å². The number of carbonyl (C=O) groups is 1. The first kappa shape index (κ1) is 18.1. The topological polar surface area (TPSA) is 71.3 Å². The molecule has 0 radical (unpaired) electrons. The van der Waals surface area contributed by atoms with Crippen LogP contribution in [0.15, 0.2) is 89.3 Å². The molecule has 0 saturated heterocycles. The van der Waals surface area contributed by atoms with E-state index in [0.29, 0.717) is 18.9 Å². The van der Waals surface area contributed by atoms with Gasteiger partial charge in [0.05, 0.1) is 6.54 Å². The van der Waals surface area contributed by atoms with E-state index in [0.717, 1.165) is 22.5 Å². The summed E-state index contributed by atoms with van der Waals surface area (Å²) < 4.78 is 5.78. The number of carbonyl (C=O) groups excluding carboxylic acids is 1. The molecule has 0 amide bonds. The fraction of sp³-hybridized carbons (Fsp3) is 0.125. The zero-order valence-corrected chi connectivity index (χ0v) is 16.2. The van der Waals surface area contributed by atoms with Crippen LogP contribution in [0.3, 0.4) is 0 Å². The maximum Gasteiger partial charge on any atom is 0.316 e. The molecular formula is C24H20N4O2. The molecule has 3 aromatic carbocycles. The predicted molar refractivity (Wildman–Crippen MR) is 116 cm³/mol. The molecule has 2 heterocycles. The Bertz CT molecular complexity index is 1160. The molecule has 0 bridgehead atoms. The van der Waals surface area contributed by atoms with Crippen LogP contribution in [-0.4, -0.2) is 28.6 Å². The van der Waals surface area contributed by atoms with Gasteiger partial charge in [-0.15, -0.1) is 5.10 Å². The van der Waals surface area contributed by atoms with Gasteiger partial charge in [-0.1, -0.05) is 59.7 Å². The SMILES string of the molecule is O=C1Cc2ccccc2N(c2ccccc2)C[C@@H]1Nc1nnc(-c2ccccc2)o1. The average molecular weight is 396 g/mol. The molecule has 0 unspecified atom stereocenters. The van der Waals surface area contributed by atoms with Crippen LogP contribution in [0, 0.1) is 0 Å². The minimum absolute atomic E-state index is 0.0837. The average Bonchev–Trinajstić information content (AvgIpc) is 3.21. The van der Waals surface area contributed by atoms with Gasteiger partial charge in [0.2, 0.25) is 5.89 Å². The van der Waals surface area contributed by atoms with Gasteiger partial charge in [-0.2, -0.15) is 0 Å². The standard InChI is InChI=1S/C24H20N4O2/c29-22-15-18-11-7-8-14-21(18)28(19-12-5-2-6-13-19)16-20(22)25-24-27-26-23(30-24)17-9-3-1-4-10-17/h1-14,20H,15-16H2,(H,25,27)/t20-/m0/s1. The van der Waals surface area contributed by atoms with Crippen LogP contribution in [-0.2, 0) is 11.2 Å². The second kappa shape index (κ2) is 7.83. The van der Waals surface area contributed by atoms with Gasteiger partial charge in [-0.25, -0.2) is 0 Å². The van der Waals surface area contributed by atoms with Crippen molar-refractivity contribution in [3.8, 4) is 11.5 Å². The fourth-order valence-corrected chi connectivity index (χ4v) is 3.72. The van der Waals surface area contributed by atoms with E-state index in [1.807, 2.05) is 78.9 Å². The molecule has 1 atom stereocenters. The second-order valence-corrected chi connectivity index (χ2v) is 7.19. The monoisotopic (exact) mass is 396 g/mol. The van der Waals surface area contributed by atoms with Crippen molar-refractivity contribution in [2.75, 3.05) is 16.8 Å². The van der Waals surface area contributed by atoms with E-state index in [2.05, 4.69) is 26.5 Å². The van der Waals surface area contributed by atoms with Crippen molar-refractivity contribution in [3.63, 3.8) is 0 Å². The Morgan fingerprint density at radius 2 is 1.57 bits per heavy atom. The van der Waals surface area contributed by atoms with Gasteiger partial charge < -0.3 is 14.6 Å². The Labute approximate surface area is 174 Å². The third-order valence-electron chi connectivity index (χ3n) is 5.21. The maximum absolute atomic E-state index is 13.1. The van der Waals surface area contributed by atoms with Gasteiger partial charge >= 0.3 is 6.01 Å². The maximum atomic E-state index is 13.1. The minimum atomic E-state index is -0.485. The smallest absolute Gasteiger partial charge is 0.316 e. The van der Waals surface area contributed by atoms with Crippen LogP contribution >= 0.6 is 0 Å². The summed E-state index contributed by atoms with van der Waals surface area (Å²) in [5.41, 5.74) is 3.91. The summed E-state index contributed by atoms with van der Waals surface area (Å²) in [6.45, 7) is 0.461. The van der Waals surface area contributed by atoms with Crippen molar-refractivity contribution in [1.29, 1.82) is 0 Å². The number of Topliss-reactive ketones (excluding diaryl/α,β-unsaturated/α-hetero) is 1. The van der Waals surface area contributed by atoms with Crippen LogP contribution in [0.4, 0.5) is 17.4 Å². The van der Waals surface area contributed by atoms with Crippen molar-refractivity contribution in [2.45, 2.75) is 12.5 Å². The molecular weight excluding hydrogens is 376 g/mol. The van der Waals surface area contributed by atoms with Crippen LogP contribution in [0.1, 0.15) is 5.56 Å². The molecule has 1 aliphatic heterocycles. The number of benzene rings is 3. The minimum Gasteiger partial charge on any atom is -0.403 e. The number of ketones is 1. The van der Waals surface area contributed by atoms with Crippen LogP contribution in [0.5, 0.6) is 0 Å². The Hall–Kier alpha value is -3.93.